The van der Waals surface area contributed by atoms with Crippen molar-refractivity contribution in [2.75, 3.05) is 99.1 Å². The maximum absolute atomic E-state index is 14.3. The second-order valence-corrected chi connectivity index (χ2v) is 20.4. The third-order valence-corrected chi connectivity index (χ3v) is 15.3. The molecule has 1 amide bonds. The minimum atomic E-state index is -0.358. The molecule has 2 atom stereocenters. The largest absolute Gasteiger partial charge is 0.462 e. The first-order chi connectivity index (χ1) is 34.6. The number of fused-ring (bicyclic) bond motifs is 4. The summed E-state index contributed by atoms with van der Waals surface area (Å²) >= 11 is 10.4. The molecular weight excluding hydrogens is 984 g/mol. The summed E-state index contributed by atoms with van der Waals surface area (Å²) in [5, 5.41) is 20.9. The van der Waals surface area contributed by atoms with Gasteiger partial charge in [-0.3, -0.25) is 9.69 Å². The highest BCUT2D eigenvalue weighted by molar-refractivity contribution is 9.10. The van der Waals surface area contributed by atoms with Gasteiger partial charge in [-0.25, -0.2) is 4.98 Å². The third-order valence-electron chi connectivity index (χ3n) is 14.4. The van der Waals surface area contributed by atoms with Crippen LogP contribution in [0.5, 0.6) is 6.01 Å². The summed E-state index contributed by atoms with van der Waals surface area (Å²) in [6.07, 6.45) is 4.82. The number of aromatic amines is 1. The number of hydrogen-bond acceptors (Lipinski definition) is 15. The Kier molecular flexibility index (Phi) is 13.1. The molecule has 7 aromatic rings. The summed E-state index contributed by atoms with van der Waals surface area (Å²) in [5.74, 6) is 2.62. The molecule has 0 spiro atoms. The van der Waals surface area contributed by atoms with Gasteiger partial charge < -0.3 is 39.5 Å². The van der Waals surface area contributed by atoms with E-state index in [0.717, 1.165) is 91.4 Å². The zero-order valence-corrected chi connectivity index (χ0v) is 42.3. The molecule has 71 heavy (non-hydrogen) atoms. The Morgan fingerprint density at radius 1 is 0.972 bits per heavy atom. The first kappa shape index (κ1) is 46.8. The molecule has 11 rings (SSSR count). The lowest BCUT2D eigenvalue weighted by Crippen LogP contribution is -2.56. The van der Waals surface area contributed by atoms with Crippen LogP contribution in [-0.2, 0) is 24.3 Å². The fourth-order valence-electron chi connectivity index (χ4n) is 10.6. The fourth-order valence-corrected chi connectivity index (χ4v) is 11.2. The molecule has 2 N–H and O–H groups in total. The van der Waals surface area contributed by atoms with Gasteiger partial charge in [-0.05, 0) is 90.9 Å². The molecule has 0 radical (unpaired) electrons. The SMILES string of the molecule is C=C(CN1CCN(c2nc(NCc3nc4ccc(C)cc4[nH]3)n3ncc(Br)c3n2)CC1)C(=O)N1CCN(c2nc(OC[C@@H]3CCCN3C)nc3c2CCN(c2cccc4cccc(Cl)c24)C3)C[C@@H]1CC#N. The van der Waals surface area contributed by atoms with Gasteiger partial charge >= 0.3 is 6.01 Å². The molecule has 18 nitrogen and oxygen atoms in total. The summed E-state index contributed by atoms with van der Waals surface area (Å²) in [4.78, 5) is 55.6. The number of piperazine rings is 2. The van der Waals surface area contributed by atoms with Crippen LogP contribution in [-0.4, -0.2) is 151 Å². The lowest BCUT2D eigenvalue weighted by molar-refractivity contribution is -0.130. The minimum Gasteiger partial charge on any atom is -0.462 e. The van der Waals surface area contributed by atoms with Gasteiger partial charge in [0.15, 0.2) is 5.65 Å². The number of benzene rings is 3. The van der Waals surface area contributed by atoms with E-state index in [4.69, 9.17) is 41.3 Å². The topological polar surface area (TPSA) is 179 Å². The molecule has 3 saturated heterocycles. The normalized spacial score (nSPS) is 18.9. The number of rotatable bonds is 13. The Bertz CT molecular complexity index is 3190. The number of carbonyl (C=O) groups excluding carboxylic acids is 1. The number of hydrogen-bond donors (Lipinski definition) is 2. The number of carbonyl (C=O) groups is 1. The Morgan fingerprint density at radius 3 is 2.62 bits per heavy atom. The van der Waals surface area contributed by atoms with Crippen LogP contribution >= 0.6 is 27.5 Å². The number of nitrogens with one attached hydrogen (secondary N) is 2. The number of aromatic nitrogens is 8. The van der Waals surface area contributed by atoms with Crippen LogP contribution in [0.2, 0.25) is 5.02 Å². The lowest BCUT2D eigenvalue weighted by atomic mass is 10.0. The molecule has 4 aromatic heterocycles. The summed E-state index contributed by atoms with van der Waals surface area (Å²) < 4.78 is 8.88. The third kappa shape index (κ3) is 9.53. The summed E-state index contributed by atoms with van der Waals surface area (Å²) in [5.41, 5.74) is 7.28. The maximum atomic E-state index is 14.3. The van der Waals surface area contributed by atoms with Crippen molar-refractivity contribution in [3.63, 3.8) is 0 Å². The summed E-state index contributed by atoms with van der Waals surface area (Å²) in [7, 11) is 2.14. The highest BCUT2D eigenvalue weighted by Crippen LogP contribution is 2.38. The quantitative estimate of drug-likeness (QED) is 0.118. The Labute approximate surface area is 425 Å². The monoisotopic (exact) mass is 1040 g/mol. The van der Waals surface area contributed by atoms with E-state index < -0.39 is 0 Å². The molecule has 20 heteroatoms. The Hall–Kier alpha value is -6.59. The van der Waals surface area contributed by atoms with Crippen molar-refractivity contribution in [1.29, 1.82) is 5.26 Å². The number of nitriles is 1. The number of likely N-dealkylation sites (tertiary alicyclic amines) is 1. The van der Waals surface area contributed by atoms with E-state index in [1.54, 1.807) is 10.7 Å². The molecule has 0 unspecified atom stereocenters. The zero-order chi connectivity index (χ0) is 48.8. The molecule has 0 bridgehead atoms. The van der Waals surface area contributed by atoms with E-state index in [1.807, 2.05) is 23.1 Å². The van der Waals surface area contributed by atoms with Crippen LogP contribution in [0.25, 0.3) is 27.5 Å². The number of halogens is 2. The van der Waals surface area contributed by atoms with Crippen molar-refractivity contribution in [3.05, 3.63) is 105 Å². The van der Waals surface area contributed by atoms with E-state index in [1.165, 1.54) is 0 Å². The highest BCUT2D eigenvalue weighted by Gasteiger charge is 2.36. The molecule has 3 fully saturated rings. The number of likely N-dealkylation sites (N-methyl/N-ethyl adjacent to an activating group) is 1. The number of anilines is 4. The van der Waals surface area contributed by atoms with Crippen LogP contribution in [0, 0.1) is 18.3 Å². The van der Waals surface area contributed by atoms with Gasteiger partial charge in [0.2, 0.25) is 11.9 Å². The number of H-pyrrole nitrogens is 1. The van der Waals surface area contributed by atoms with Crippen LogP contribution in [0.1, 0.15) is 41.9 Å². The number of nitrogens with zero attached hydrogens (tertiary/aromatic N) is 14. The van der Waals surface area contributed by atoms with E-state index in [0.29, 0.717) is 114 Å². The lowest BCUT2D eigenvalue weighted by Gasteiger charge is -2.43. The number of imidazole rings is 1. The molecule has 366 valence electrons. The van der Waals surface area contributed by atoms with Crippen LogP contribution in [0.3, 0.4) is 0 Å². The second-order valence-electron chi connectivity index (χ2n) is 19.1. The van der Waals surface area contributed by atoms with Crippen LogP contribution in [0.15, 0.2) is 77.4 Å². The maximum Gasteiger partial charge on any atom is 0.318 e. The Balaban J connectivity index is 0.756. The molecule has 4 aliphatic heterocycles. The van der Waals surface area contributed by atoms with Gasteiger partial charge in [-0.15, -0.1) is 0 Å². The number of aryl methyl sites for hydroxylation is 1. The Morgan fingerprint density at radius 2 is 1.80 bits per heavy atom. The van der Waals surface area contributed by atoms with E-state index >= 15 is 0 Å². The standard InChI is InChI=1S/C51H56BrClN16O2/c1-32-12-13-40-41(25-32)58-44(57-40)27-55-49-62-50(60-47-38(52)26-56-69(47)49)65-21-19-64(20-22-65)28-33(2)48(70)68-24-23-67(29-35(68)14-16-54)46-37-15-18-66(43-11-5-8-34-7-4-10-39(53)45(34)43)30-42(37)59-51(61-46)71-31-36-9-6-17-63(36)3/h4-5,7-8,10-13,25-26,35-36H,2,6,9,14-15,17-24,27-31H2,1,3H3,(H,57,58)(H,55,60,62)/t35-,36-/m0/s1. The predicted octanol–water partition coefficient (Wildman–Crippen LogP) is 6.63. The first-order valence-corrected chi connectivity index (χ1v) is 25.6. The van der Waals surface area contributed by atoms with E-state index in [-0.39, 0.29) is 18.4 Å². The van der Waals surface area contributed by atoms with Crippen molar-refractivity contribution in [3.8, 4) is 12.1 Å². The molecule has 4 aliphatic rings. The minimum absolute atomic E-state index is 0.124. The van der Waals surface area contributed by atoms with Crippen LogP contribution in [0.4, 0.5) is 23.4 Å². The average Bonchev–Trinajstić information content (AvgIpc) is 4.11. The zero-order valence-electron chi connectivity index (χ0n) is 40.0. The van der Waals surface area contributed by atoms with Crippen molar-refractivity contribution < 1.29 is 9.53 Å². The van der Waals surface area contributed by atoms with E-state index in [2.05, 4.69) is 119 Å². The fraction of sp³-hybridized carbons (Fsp3) is 0.412. The predicted molar refractivity (Wildman–Crippen MR) is 279 cm³/mol. The van der Waals surface area contributed by atoms with Crippen molar-refractivity contribution >= 4 is 84.3 Å². The summed E-state index contributed by atoms with van der Waals surface area (Å²) in [6.45, 7) is 14.2. The van der Waals surface area contributed by atoms with Gasteiger partial charge in [-0.1, -0.05) is 48.5 Å². The summed E-state index contributed by atoms with van der Waals surface area (Å²) in [6, 6.07) is 21.1. The van der Waals surface area contributed by atoms with E-state index in [9.17, 15) is 10.1 Å². The second kappa shape index (κ2) is 19.9. The number of ether oxygens (including phenoxy) is 1. The highest BCUT2D eigenvalue weighted by atomic mass is 79.9. The van der Waals surface area contributed by atoms with Crippen LogP contribution < -0.4 is 24.8 Å². The smallest absolute Gasteiger partial charge is 0.318 e. The van der Waals surface area contributed by atoms with Crippen molar-refractivity contribution in [2.45, 2.75) is 57.8 Å². The molecular formula is C51H56BrClN16O2. The molecule has 0 saturated carbocycles. The van der Waals surface area contributed by atoms with Crippen molar-refractivity contribution in [2.24, 2.45) is 0 Å². The van der Waals surface area contributed by atoms with Crippen molar-refractivity contribution in [1.82, 2.24) is 54.2 Å². The van der Waals surface area contributed by atoms with Gasteiger partial charge in [0.1, 0.15) is 18.2 Å². The van der Waals surface area contributed by atoms with Gasteiger partial charge in [-0.2, -0.15) is 34.8 Å². The van der Waals surface area contributed by atoms with Gasteiger partial charge in [0, 0.05) is 87.2 Å². The first-order valence-electron chi connectivity index (χ1n) is 24.4. The molecule has 0 aliphatic carbocycles. The van der Waals surface area contributed by atoms with Gasteiger partial charge in [0.25, 0.3) is 5.91 Å². The number of amides is 1. The van der Waals surface area contributed by atoms with Gasteiger partial charge in [0.05, 0.1) is 64.0 Å². The molecule has 8 heterocycles. The molecule has 3 aromatic carbocycles. The average molecular weight is 1040 g/mol.